The summed E-state index contributed by atoms with van der Waals surface area (Å²) in [6, 6.07) is 4.06. The average molecular weight is 308 g/mol. The van der Waals surface area contributed by atoms with Crippen LogP contribution in [0.3, 0.4) is 0 Å². The van der Waals surface area contributed by atoms with Gasteiger partial charge >= 0.3 is 0 Å². The van der Waals surface area contributed by atoms with E-state index in [0.717, 1.165) is 10.4 Å². The number of alkyl halides is 1. The standard InChI is InChI=1S/C10H8BrClS2/c1-13-9-5-14-8-3-2-7(12)6(4-11)10(8)9/h2-3,5H,4H2,1H3. The molecule has 0 fully saturated rings. The van der Waals surface area contributed by atoms with Crippen molar-refractivity contribution in [3.05, 3.63) is 28.1 Å². The third-order valence-electron chi connectivity index (χ3n) is 2.11. The van der Waals surface area contributed by atoms with Crippen molar-refractivity contribution in [2.45, 2.75) is 10.2 Å². The van der Waals surface area contributed by atoms with Gasteiger partial charge in [0, 0.05) is 30.7 Å². The molecule has 14 heavy (non-hydrogen) atoms. The van der Waals surface area contributed by atoms with Gasteiger partial charge in [0.1, 0.15) is 0 Å². The van der Waals surface area contributed by atoms with Gasteiger partial charge in [0.2, 0.25) is 0 Å². The fourth-order valence-electron chi connectivity index (χ4n) is 1.43. The lowest BCUT2D eigenvalue weighted by atomic mass is 10.1. The zero-order valence-electron chi connectivity index (χ0n) is 7.51. The second-order valence-electron chi connectivity index (χ2n) is 2.84. The van der Waals surface area contributed by atoms with Gasteiger partial charge in [-0.3, -0.25) is 0 Å². The maximum absolute atomic E-state index is 6.15. The molecule has 0 aliphatic rings. The predicted octanol–water partition coefficient (Wildman–Crippen LogP) is 5.17. The van der Waals surface area contributed by atoms with E-state index < -0.39 is 0 Å². The Morgan fingerprint density at radius 1 is 1.50 bits per heavy atom. The van der Waals surface area contributed by atoms with E-state index in [2.05, 4.69) is 33.6 Å². The second kappa shape index (κ2) is 4.44. The van der Waals surface area contributed by atoms with Crippen molar-refractivity contribution in [2.24, 2.45) is 0 Å². The van der Waals surface area contributed by atoms with Crippen molar-refractivity contribution >= 4 is 60.7 Å². The highest BCUT2D eigenvalue weighted by Crippen LogP contribution is 2.38. The highest BCUT2D eigenvalue weighted by atomic mass is 79.9. The Morgan fingerprint density at radius 3 is 2.93 bits per heavy atom. The van der Waals surface area contributed by atoms with Crippen molar-refractivity contribution in [3.63, 3.8) is 0 Å². The molecule has 0 unspecified atom stereocenters. The van der Waals surface area contributed by atoms with Gasteiger partial charge < -0.3 is 0 Å². The zero-order chi connectivity index (χ0) is 10.1. The monoisotopic (exact) mass is 306 g/mol. The SMILES string of the molecule is CSc1csc2ccc(Cl)c(CBr)c12. The largest absolute Gasteiger partial charge is 0.143 e. The molecule has 1 heterocycles. The quantitative estimate of drug-likeness (QED) is 0.545. The summed E-state index contributed by atoms with van der Waals surface area (Å²) in [7, 11) is 0. The first-order valence-electron chi connectivity index (χ1n) is 4.06. The van der Waals surface area contributed by atoms with E-state index in [4.69, 9.17) is 11.6 Å². The van der Waals surface area contributed by atoms with Crippen LogP contribution in [0.1, 0.15) is 5.56 Å². The summed E-state index contributed by atoms with van der Waals surface area (Å²) < 4.78 is 1.31. The smallest absolute Gasteiger partial charge is 0.0453 e. The normalized spacial score (nSPS) is 11.1. The molecule has 74 valence electrons. The molecule has 0 N–H and O–H groups in total. The fraction of sp³-hybridized carbons (Fsp3) is 0.200. The number of hydrogen-bond acceptors (Lipinski definition) is 2. The summed E-state index contributed by atoms with van der Waals surface area (Å²) in [6.45, 7) is 0. The molecule has 1 aromatic carbocycles. The van der Waals surface area contributed by atoms with Crippen LogP contribution < -0.4 is 0 Å². The molecule has 4 heteroatoms. The van der Waals surface area contributed by atoms with E-state index in [1.54, 1.807) is 23.1 Å². The van der Waals surface area contributed by atoms with E-state index in [0.29, 0.717) is 0 Å². The minimum Gasteiger partial charge on any atom is -0.143 e. The minimum atomic E-state index is 0.813. The van der Waals surface area contributed by atoms with Crippen LogP contribution >= 0.6 is 50.6 Å². The van der Waals surface area contributed by atoms with Crippen LogP contribution in [0, 0.1) is 0 Å². The number of thioether (sulfide) groups is 1. The summed E-state index contributed by atoms with van der Waals surface area (Å²) in [5.41, 5.74) is 1.20. The maximum Gasteiger partial charge on any atom is 0.0453 e. The highest BCUT2D eigenvalue weighted by Gasteiger charge is 2.10. The lowest BCUT2D eigenvalue weighted by molar-refractivity contribution is 1.47. The van der Waals surface area contributed by atoms with Crippen LogP contribution in [0.4, 0.5) is 0 Å². The number of benzene rings is 1. The van der Waals surface area contributed by atoms with Crippen molar-refractivity contribution in [1.29, 1.82) is 0 Å². The summed E-state index contributed by atoms with van der Waals surface area (Å²) in [5.74, 6) is 0. The maximum atomic E-state index is 6.15. The predicted molar refractivity (Wildman–Crippen MR) is 71.2 cm³/mol. The Labute approximate surface area is 105 Å². The van der Waals surface area contributed by atoms with Gasteiger partial charge in [-0.1, -0.05) is 27.5 Å². The molecule has 0 aliphatic carbocycles. The van der Waals surface area contributed by atoms with E-state index in [1.807, 2.05) is 6.07 Å². The van der Waals surface area contributed by atoms with Crippen LogP contribution in [0.2, 0.25) is 5.02 Å². The van der Waals surface area contributed by atoms with Gasteiger partial charge in [-0.05, 0) is 24.0 Å². The molecule has 0 nitrogen and oxygen atoms in total. The first-order valence-corrected chi connectivity index (χ1v) is 7.67. The van der Waals surface area contributed by atoms with Crippen molar-refractivity contribution in [1.82, 2.24) is 0 Å². The molecule has 0 saturated carbocycles. The second-order valence-corrected chi connectivity index (χ2v) is 5.56. The Kier molecular flexibility index (Phi) is 3.42. The third kappa shape index (κ3) is 1.71. The first-order chi connectivity index (χ1) is 6.77. The summed E-state index contributed by atoms with van der Waals surface area (Å²) in [4.78, 5) is 1.32. The number of hydrogen-bond donors (Lipinski definition) is 0. The van der Waals surface area contributed by atoms with E-state index in [-0.39, 0.29) is 0 Å². The third-order valence-corrected chi connectivity index (χ3v) is 4.88. The van der Waals surface area contributed by atoms with Gasteiger partial charge in [-0.2, -0.15) is 0 Å². The van der Waals surface area contributed by atoms with Gasteiger partial charge in [0.25, 0.3) is 0 Å². The van der Waals surface area contributed by atoms with Crippen LogP contribution in [0.25, 0.3) is 10.1 Å². The van der Waals surface area contributed by atoms with E-state index in [1.165, 1.54) is 20.5 Å². The molecular formula is C10H8BrClS2. The lowest BCUT2D eigenvalue weighted by Crippen LogP contribution is -1.81. The van der Waals surface area contributed by atoms with Crippen molar-refractivity contribution in [2.75, 3.05) is 6.26 Å². The summed E-state index contributed by atoms with van der Waals surface area (Å²) in [5, 5.41) is 5.17. The molecule has 0 bridgehead atoms. The highest BCUT2D eigenvalue weighted by molar-refractivity contribution is 9.08. The van der Waals surface area contributed by atoms with E-state index in [9.17, 15) is 0 Å². The van der Waals surface area contributed by atoms with Gasteiger partial charge in [0.05, 0.1) is 0 Å². The van der Waals surface area contributed by atoms with Crippen LogP contribution in [0.5, 0.6) is 0 Å². The molecule has 0 amide bonds. The molecule has 2 aromatic rings. The zero-order valence-corrected chi connectivity index (χ0v) is 11.5. The Bertz CT molecular complexity index is 464. The first kappa shape index (κ1) is 10.8. The summed E-state index contributed by atoms with van der Waals surface area (Å²) in [6.07, 6.45) is 2.10. The van der Waals surface area contributed by atoms with Crippen LogP contribution in [0.15, 0.2) is 22.4 Å². The van der Waals surface area contributed by atoms with Crippen molar-refractivity contribution in [3.8, 4) is 0 Å². The molecular weight excluding hydrogens is 300 g/mol. The molecule has 1 aromatic heterocycles. The molecule has 0 saturated heterocycles. The molecule has 2 rings (SSSR count). The Balaban J connectivity index is 2.81. The van der Waals surface area contributed by atoms with Gasteiger partial charge in [-0.15, -0.1) is 23.1 Å². The van der Waals surface area contributed by atoms with Crippen molar-refractivity contribution < 1.29 is 0 Å². The molecule has 0 atom stereocenters. The summed E-state index contributed by atoms with van der Waals surface area (Å²) >= 11 is 13.2. The van der Waals surface area contributed by atoms with Crippen LogP contribution in [-0.4, -0.2) is 6.26 Å². The molecule has 0 radical (unpaired) electrons. The van der Waals surface area contributed by atoms with Gasteiger partial charge in [0.15, 0.2) is 0 Å². The minimum absolute atomic E-state index is 0.813. The number of fused-ring (bicyclic) bond motifs is 1. The number of rotatable bonds is 2. The van der Waals surface area contributed by atoms with Crippen LogP contribution in [-0.2, 0) is 5.33 Å². The Hall–Kier alpha value is 0.300. The molecule has 0 spiro atoms. The number of halogens is 2. The van der Waals surface area contributed by atoms with Gasteiger partial charge in [-0.25, -0.2) is 0 Å². The average Bonchev–Trinajstić information content (AvgIpc) is 2.61. The van der Waals surface area contributed by atoms with E-state index >= 15 is 0 Å². The number of thiophene rings is 1. The topological polar surface area (TPSA) is 0 Å². The fourth-order valence-corrected chi connectivity index (χ4v) is 4.27. The lowest BCUT2D eigenvalue weighted by Gasteiger charge is -2.03. The molecule has 0 aliphatic heterocycles. The Morgan fingerprint density at radius 2 is 2.29 bits per heavy atom.